The van der Waals surface area contributed by atoms with Crippen molar-refractivity contribution in [1.82, 2.24) is 4.72 Å². The second-order valence-corrected chi connectivity index (χ2v) is 8.73. The summed E-state index contributed by atoms with van der Waals surface area (Å²) < 4.78 is 33.1. The number of amides is 1. The fourth-order valence-electron chi connectivity index (χ4n) is 3.57. The maximum atomic E-state index is 12.7. The van der Waals surface area contributed by atoms with Gasteiger partial charge in [0.1, 0.15) is 11.4 Å². The monoisotopic (exact) mass is 376 g/mol. The molecular weight excluding hydrogens is 356 g/mol. The van der Waals surface area contributed by atoms with Crippen LogP contribution < -0.4 is 9.62 Å². The first-order chi connectivity index (χ1) is 12.3. The van der Waals surface area contributed by atoms with Gasteiger partial charge >= 0.3 is 0 Å². The highest BCUT2D eigenvalue weighted by molar-refractivity contribution is 7.89. The minimum atomic E-state index is -3.80. The van der Waals surface area contributed by atoms with Gasteiger partial charge in [-0.2, -0.15) is 0 Å². The number of furan rings is 1. The molecule has 0 fully saturated rings. The summed E-state index contributed by atoms with van der Waals surface area (Å²) in [6.07, 6.45) is 3.03. The summed E-state index contributed by atoms with van der Waals surface area (Å²) in [4.78, 5) is 13.9. The summed E-state index contributed by atoms with van der Waals surface area (Å²) in [5.41, 5.74) is 1.19. The van der Waals surface area contributed by atoms with Crippen molar-refractivity contribution in [3.8, 4) is 0 Å². The number of nitrogens with zero attached hydrogens (tertiary/aromatic N) is 1. The highest BCUT2D eigenvalue weighted by Gasteiger charge is 2.34. The molecule has 1 amide bonds. The van der Waals surface area contributed by atoms with Crippen molar-refractivity contribution in [2.24, 2.45) is 0 Å². The largest absolute Gasteiger partial charge is 0.466 e. The Bertz CT molecular complexity index is 964. The van der Waals surface area contributed by atoms with Crippen molar-refractivity contribution in [3.63, 3.8) is 0 Å². The lowest BCUT2D eigenvalue weighted by Crippen LogP contribution is -2.38. The SMILES string of the molecule is C[C@](O)(CNS(=O)(=O)c1cc2c3c(c1)CCN3C(=O)CC2)c1ccco1. The van der Waals surface area contributed by atoms with E-state index in [1.54, 1.807) is 29.2 Å². The van der Waals surface area contributed by atoms with Gasteiger partial charge in [0.05, 0.1) is 16.8 Å². The van der Waals surface area contributed by atoms with Gasteiger partial charge in [-0.1, -0.05) is 0 Å². The molecule has 2 aliphatic heterocycles. The molecule has 0 unspecified atom stereocenters. The zero-order valence-corrected chi connectivity index (χ0v) is 15.2. The van der Waals surface area contributed by atoms with Gasteiger partial charge in [0.25, 0.3) is 0 Å². The highest BCUT2D eigenvalue weighted by Crippen LogP contribution is 2.38. The van der Waals surface area contributed by atoms with Crippen LogP contribution in [0.15, 0.2) is 39.8 Å². The highest BCUT2D eigenvalue weighted by atomic mass is 32.2. The van der Waals surface area contributed by atoms with Crippen molar-refractivity contribution < 1.29 is 22.7 Å². The maximum Gasteiger partial charge on any atom is 0.240 e. The topological polar surface area (TPSA) is 99.9 Å². The lowest BCUT2D eigenvalue weighted by atomic mass is 10.00. The van der Waals surface area contributed by atoms with E-state index in [0.717, 1.165) is 16.8 Å². The predicted molar refractivity (Wildman–Crippen MR) is 94.3 cm³/mol. The van der Waals surface area contributed by atoms with Gasteiger partial charge in [0.15, 0.2) is 0 Å². The third kappa shape index (κ3) is 2.84. The Morgan fingerprint density at radius 1 is 1.27 bits per heavy atom. The van der Waals surface area contributed by atoms with Crippen LogP contribution in [-0.4, -0.2) is 32.5 Å². The first-order valence-electron chi connectivity index (χ1n) is 8.50. The fraction of sp³-hybridized carbons (Fsp3) is 0.389. The number of anilines is 1. The molecule has 7 nitrogen and oxygen atoms in total. The van der Waals surface area contributed by atoms with Gasteiger partial charge in [-0.25, -0.2) is 13.1 Å². The van der Waals surface area contributed by atoms with E-state index in [0.29, 0.717) is 31.6 Å². The number of carbonyl (C=O) groups is 1. The number of carbonyl (C=O) groups excluding carboxylic acids is 1. The molecule has 3 heterocycles. The third-order valence-electron chi connectivity index (χ3n) is 4.99. The van der Waals surface area contributed by atoms with Crippen molar-refractivity contribution in [1.29, 1.82) is 0 Å². The Morgan fingerprint density at radius 2 is 2.00 bits per heavy atom. The molecule has 1 aromatic carbocycles. The van der Waals surface area contributed by atoms with Gasteiger partial charge in [-0.3, -0.25) is 4.79 Å². The van der Waals surface area contributed by atoms with E-state index in [2.05, 4.69) is 4.72 Å². The number of rotatable bonds is 5. The summed E-state index contributed by atoms with van der Waals surface area (Å²) in [6.45, 7) is 1.88. The molecule has 0 saturated carbocycles. The van der Waals surface area contributed by atoms with E-state index in [9.17, 15) is 18.3 Å². The molecule has 2 aliphatic rings. The Kier molecular flexibility index (Phi) is 3.94. The number of hydrogen-bond donors (Lipinski definition) is 2. The molecule has 0 bridgehead atoms. The number of benzene rings is 1. The zero-order chi connectivity index (χ0) is 18.5. The first-order valence-corrected chi connectivity index (χ1v) is 9.98. The van der Waals surface area contributed by atoms with Crippen LogP contribution in [0.25, 0.3) is 0 Å². The molecular formula is C18H20N2O5S. The average Bonchev–Trinajstić information content (AvgIpc) is 3.27. The van der Waals surface area contributed by atoms with Crippen LogP contribution in [-0.2, 0) is 33.3 Å². The molecule has 1 atom stereocenters. The summed E-state index contributed by atoms with van der Waals surface area (Å²) >= 11 is 0. The standard InChI is InChI=1S/C18H20N2O5S/c1-18(22,15-3-2-8-25-15)11-19-26(23,24)14-9-12-4-5-16(21)20-7-6-13(10-14)17(12)20/h2-3,8-10,19,22H,4-7,11H2,1H3/t18-/m0/s1. The lowest BCUT2D eigenvalue weighted by molar-refractivity contribution is -0.118. The molecule has 4 rings (SSSR count). The van der Waals surface area contributed by atoms with Gasteiger partial charge in [0.2, 0.25) is 15.9 Å². The molecule has 2 N–H and O–H groups in total. The average molecular weight is 376 g/mol. The van der Waals surface area contributed by atoms with E-state index in [4.69, 9.17) is 4.42 Å². The van der Waals surface area contributed by atoms with Crippen LogP contribution in [0, 0.1) is 0 Å². The number of aliphatic hydroxyl groups is 1. The molecule has 0 aliphatic carbocycles. The predicted octanol–water partition coefficient (Wildman–Crippen LogP) is 1.30. The Balaban J connectivity index is 1.60. The van der Waals surface area contributed by atoms with Crippen LogP contribution in [0.1, 0.15) is 30.2 Å². The van der Waals surface area contributed by atoms with Gasteiger partial charge in [-0.05, 0) is 55.2 Å². The van der Waals surface area contributed by atoms with Crippen molar-refractivity contribution in [2.45, 2.75) is 36.7 Å². The number of hydrogen-bond acceptors (Lipinski definition) is 5. The lowest BCUT2D eigenvalue weighted by Gasteiger charge is -2.26. The molecule has 0 saturated heterocycles. The number of sulfonamides is 1. The summed E-state index contributed by atoms with van der Waals surface area (Å²) in [6, 6.07) is 6.49. The van der Waals surface area contributed by atoms with Crippen LogP contribution in [0.4, 0.5) is 5.69 Å². The Labute approximate surface area is 151 Å². The molecule has 1 aromatic heterocycles. The quantitative estimate of drug-likeness (QED) is 0.819. The van der Waals surface area contributed by atoms with E-state index in [1.807, 2.05) is 0 Å². The third-order valence-corrected chi connectivity index (χ3v) is 6.37. The second-order valence-electron chi connectivity index (χ2n) is 6.96. The summed E-state index contributed by atoms with van der Waals surface area (Å²) in [5, 5.41) is 10.4. The Hall–Kier alpha value is -2.16. The molecule has 8 heteroatoms. The van der Waals surface area contributed by atoms with Crippen LogP contribution >= 0.6 is 0 Å². The fourth-order valence-corrected chi connectivity index (χ4v) is 4.80. The molecule has 138 valence electrons. The van der Waals surface area contributed by atoms with Crippen molar-refractivity contribution >= 4 is 21.6 Å². The molecule has 26 heavy (non-hydrogen) atoms. The van der Waals surface area contributed by atoms with E-state index >= 15 is 0 Å². The van der Waals surface area contributed by atoms with Crippen molar-refractivity contribution in [3.05, 3.63) is 47.4 Å². The maximum absolute atomic E-state index is 12.7. The normalized spacial score (nSPS) is 18.7. The summed E-state index contributed by atoms with van der Waals surface area (Å²) in [7, 11) is -3.80. The van der Waals surface area contributed by atoms with Crippen LogP contribution in [0.2, 0.25) is 0 Å². The molecule has 0 radical (unpaired) electrons. The van der Waals surface area contributed by atoms with E-state index in [1.165, 1.54) is 13.2 Å². The first kappa shape index (κ1) is 17.3. The zero-order valence-electron chi connectivity index (χ0n) is 14.4. The molecule has 0 spiro atoms. The van der Waals surface area contributed by atoms with E-state index in [-0.39, 0.29) is 17.3 Å². The Morgan fingerprint density at radius 3 is 2.69 bits per heavy atom. The van der Waals surface area contributed by atoms with Gasteiger partial charge in [-0.15, -0.1) is 0 Å². The van der Waals surface area contributed by atoms with Crippen LogP contribution in [0.3, 0.4) is 0 Å². The smallest absolute Gasteiger partial charge is 0.240 e. The van der Waals surface area contributed by atoms with Crippen molar-refractivity contribution in [2.75, 3.05) is 18.0 Å². The number of nitrogens with one attached hydrogen (secondary N) is 1. The minimum absolute atomic E-state index is 0.0967. The summed E-state index contributed by atoms with van der Waals surface area (Å²) in [5.74, 6) is 0.387. The van der Waals surface area contributed by atoms with E-state index < -0.39 is 15.6 Å². The molecule has 2 aromatic rings. The second kappa shape index (κ2) is 5.94. The minimum Gasteiger partial charge on any atom is -0.466 e. The van der Waals surface area contributed by atoms with Crippen LogP contribution in [0.5, 0.6) is 0 Å². The number of aryl methyl sites for hydroxylation is 1. The van der Waals surface area contributed by atoms with Gasteiger partial charge < -0.3 is 14.4 Å². The van der Waals surface area contributed by atoms with Gasteiger partial charge in [0, 0.05) is 19.5 Å².